The number of nitrogens with zero attached hydrogens (tertiary/aromatic N) is 2. The van der Waals surface area contributed by atoms with Gasteiger partial charge in [-0.15, -0.1) is 0 Å². The summed E-state index contributed by atoms with van der Waals surface area (Å²) in [6.07, 6.45) is -2.39. The lowest BCUT2D eigenvalue weighted by Crippen LogP contribution is -2.30. The quantitative estimate of drug-likeness (QED) is 0.694. The average molecular weight is 448 g/mol. The highest BCUT2D eigenvalue weighted by atomic mass is 35.5. The zero-order valence-electron chi connectivity index (χ0n) is 15.2. The molecule has 0 aliphatic carbocycles. The summed E-state index contributed by atoms with van der Waals surface area (Å²) in [5, 5.41) is 0.684. The molecule has 29 heavy (non-hydrogen) atoms. The van der Waals surface area contributed by atoms with Crippen LogP contribution in [0.1, 0.15) is 28.8 Å². The molecule has 0 unspecified atom stereocenters. The summed E-state index contributed by atoms with van der Waals surface area (Å²) in [7, 11) is 0. The van der Waals surface area contributed by atoms with Crippen molar-refractivity contribution >= 4 is 40.6 Å². The SMILES string of the molecule is NC(=O)c1cnc(N(CC2CCOCC2)c2cc(Cl)cc(Cl)c2)cc1C(F)(F)F. The zero-order valence-corrected chi connectivity index (χ0v) is 16.7. The van der Waals surface area contributed by atoms with Crippen LogP contribution in [0.3, 0.4) is 0 Å². The molecule has 10 heteroatoms. The lowest BCUT2D eigenvalue weighted by molar-refractivity contribution is -0.137. The van der Waals surface area contributed by atoms with Crippen LogP contribution in [0.5, 0.6) is 0 Å². The van der Waals surface area contributed by atoms with E-state index in [2.05, 4.69) is 4.98 Å². The van der Waals surface area contributed by atoms with E-state index in [0.717, 1.165) is 25.1 Å². The highest BCUT2D eigenvalue weighted by Gasteiger charge is 2.36. The average Bonchev–Trinajstić information content (AvgIpc) is 2.65. The van der Waals surface area contributed by atoms with Crippen molar-refractivity contribution in [1.82, 2.24) is 4.98 Å². The number of ether oxygens (including phenoxy) is 1. The number of halogens is 5. The first-order valence-corrected chi connectivity index (χ1v) is 9.59. The summed E-state index contributed by atoms with van der Waals surface area (Å²) in [6.45, 7) is 1.55. The molecule has 2 aromatic rings. The number of carbonyl (C=O) groups excluding carboxylic acids is 1. The lowest BCUT2D eigenvalue weighted by Gasteiger charge is -2.31. The number of hydrogen-bond acceptors (Lipinski definition) is 4. The molecule has 0 spiro atoms. The lowest BCUT2D eigenvalue weighted by atomic mass is 9.99. The second-order valence-corrected chi connectivity index (χ2v) is 7.62. The molecule has 1 saturated heterocycles. The van der Waals surface area contributed by atoms with Gasteiger partial charge in [-0.2, -0.15) is 13.2 Å². The number of hydrogen-bond donors (Lipinski definition) is 1. The molecule has 1 fully saturated rings. The Bertz CT molecular complexity index is 883. The standard InChI is InChI=1S/C19H18Cl2F3N3O2/c20-12-5-13(21)7-14(6-12)27(10-11-1-3-29-4-2-11)17-8-16(19(22,23)24)15(9-26-17)18(25)28/h5-9,11H,1-4,10H2,(H2,25,28). The Hall–Kier alpha value is -2.03. The largest absolute Gasteiger partial charge is 0.417 e. The van der Waals surface area contributed by atoms with Crippen LogP contribution in [0.15, 0.2) is 30.5 Å². The number of primary amides is 1. The molecule has 1 aromatic carbocycles. The second kappa shape index (κ2) is 8.77. The van der Waals surface area contributed by atoms with E-state index in [0.29, 0.717) is 35.5 Å². The van der Waals surface area contributed by atoms with Crippen molar-refractivity contribution in [3.05, 3.63) is 51.6 Å². The summed E-state index contributed by atoms with van der Waals surface area (Å²) in [4.78, 5) is 17.1. The van der Waals surface area contributed by atoms with E-state index in [1.165, 1.54) is 6.07 Å². The predicted octanol–water partition coefficient (Wildman–Crippen LogP) is 5.07. The van der Waals surface area contributed by atoms with Gasteiger partial charge in [0.1, 0.15) is 5.82 Å². The molecule has 2 heterocycles. The zero-order chi connectivity index (χ0) is 21.2. The first-order chi connectivity index (χ1) is 13.6. The van der Waals surface area contributed by atoms with Crippen LogP contribution in [0.4, 0.5) is 24.7 Å². The summed E-state index contributed by atoms with van der Waals surface area (Å²) in [5.74, 6) is -1.00. The van der Waals surface area contributed by atoms with Crippen molar-refractivity contribution in [2.45, 2.75) is 19.0 Å². The fraction of sp³-hybridized carbons (Fsp3) is 0.368. The van der Waals surface area contributed by atoms with Crippen molar-refractivity contribution in [3.8, 4) is 0 Å². The Kier molecular flexibility index (Phi) is 6.55. The molecule has 1 aromatic heterocycles. The number of benzene rings is 1. The molecular weight excluding hydrogens is 430 g/mol. The van der Waals surface area contributed by atoms with Crippen LogP contribution < -0.4 is 10.6 Å². The van der Waals surface area contributed by atoms with E-state index in [9.17, 15) is 18.0 Å². The minimum Gasteiger partial charge on any atom is -0.381 e. The Balaban J connectivity index is 2.08. The van der Waals surface area contributed by atoms with Gasteiger partial charge in [0.2, 0.25) is 0 Å². The number of aromatic nitrogens is 1. The van der Waals surface area contributed by atoms with Crippen LogP contribution >= 0.6 is 23.2 Å². The summed E-state index contributed by atoms with van der Waals surface area (Å²) in [6, 6.07) is 5.56. The van der Waals surface area contributed by atoms with Crippen LogP contribution in [-0.4, -0.2) is 30.6 Å². The Morgan fingerprint density at radius 3 is 2.34 bits per heavy atom. The third kappa shape index (κ3) is 5.32. The smallest absolute Gasteiger partial charge is 0.381 e. The molecule has 0 bridgehead atoms. The maximum absolute atomic E-state index is 13.5. The minimum absolute atomic E-state index is 0.0205. The van der Waals surface area contributed by atoms with Gasteiger partial charge in [-0.05, 0) is 43.0 Å². The van der Waals surface area contributed by atoms with Crippen molar-refractivity contribution in [3.63, 3.8) is 0 Å². The summed E-state index contributed by atoms with van der Waals surface area (Å²) < 4.78 is 45.9. The highest BCUT2D eigenvalue weighted by molar-refractivity contribution is 6.35. The van der Waals surface area contributed by atoms with Crippen molar-refractivity contribution in [2.24, 2.45) is 11.7 Å². The van der Waals surface area contributed by atoms with Gasteiger partial charge in [0.25, 0.3) is 5.91 Å². The Labute approximate surface area is 175 Å². The molecule has 0 saturated carbocycles. The molecule has 0 radical (unpaired) electrons. The van der Waals surface area contributed by atoms with Gasteiger partial charge in [0.15, 0.2) is 0 Å². The third-order valence-electron chi connectivity index (χ3n) is 4.68. The first-order valence-electron chi connectivity index (χ1n) is 8.83. The number of nitrogens with two attached hydrogens (primary N) is 1. The van der Waals surface area contributed by atoms with E-state index in [4.69, 9.17) is 33.7 Å². The van der Waals surface area contributed by atoms with Gasteiger partial charge < -0.3 is 15.4 Å². The van der Waals surface area contributed by atoms with Crippen molar-refractivity contribution < 1.29 is 22.7 Å². The molecule has 2 N–H and O–H groups in total. The fourth-order valence-corrected chi connectivity index (χ4v) is 3.75. The normalized spacial score (nSPS) is 15.3. The van der Waals surface area contributed by atoms with Gasteiger partial charge in [-0.25, -0.2) is 4.98 Å². The minimum atomic E-state index is -4.77. The highest BCUT2D eigenvalue weighted by Crippen LogP contribution is 2.37. The number of alkyl halides is 3. The third-order valence-corrected chi connectivity index (χ3v) is 5.11. The Morgan fingerprint density at radius 1 is 1.17 bits per heavy atom. The van der Waals surface area contributed by atoms with Gasteiger partial charge in [-0.1, -0.05) is 23.2 Å². The van der Waals surface area contributed by atoms with Crippen molar-refractivity contribution in [2.75, 3.05) is 24.7 Å². The first kappa shape index (κ1) is 21.7. The van der Waals surface area contributed by atoms with Crippen LogP contribution in [0.25, 0.3) is 0 Å². The second-order valence-electron chi connectivity index (χ2n) is 6.74. The van der Waals surface area contributed by atoms with Gasteiger partial charge in [0.05, 0.1) is 11.1 Å². The Morgan fingerprint density at radius 2 is 1.79 bits per heavy atom. The molecular formula is C19H18Cl2F3N3O2. The number of carbonyl (C=O) groups is 1. The molecule has 156 valence electrons. The van der Waals surface area contributed by atoms with E-state index >= 15 is 0 Å². The van der Waals surface area contributed by atoms with E-state index in [1.54, 1.807) is 17.0 Å². The topological polar surface area (TPSA) is 68.5 Å². The fourth-order valence-electron chi connectivity index (χ4n) is 3.24. The van der Waals surface area contributed by atoms with E-state index in [1.807, 2.05) is 0 Å². The van der Waals surface area contributed by atoms with Gasteiger partial charge in [-0.3, -0.25) is 4.79 Å². The van der Waals surface area contributed by atoms with Crippen LogP contribution in [0, 0.1) is 5.92 Å². The van der Waals surface area contributed by atoms with E-state index in [-0.39, 0.29) is 11.7 Å². The summed E-state index contributed by atoms with van der Waals surface area (Å²) >= 11 is 12.2. The molecule has 5 nitrogen and oxygen atoms in total. The molecule has 1 aliphatic rings. The number of amides is 1. The van der Waals surface area contributed by atoms with E-state index < -0.39 is 23.2 Å². The van der Waals surface area contributed by atoms with Crippen LogP contribution in [0.2, 0.25) is 10.0 Å². The predicted molar refractivity (Wildman–Crippen MR) is 105 cm³/mol. The molecule has 1 amide bonds. The number of anilines is 2. The maximum atomic E-state index is 13.5. The summed E-state index contributed by atoms with van der Waals surface area (Å²) in [5.41, 5.74) is 3.78. The molecule has 3 rings (SSSR count). The van der Waals surface area contributed by atoms with Gasteiger partial charge >= 0.3 is 6.18 Å². The monoisotopic (exact) mass is 447 g/mol. The molecule has 1 aliphatic heterocycles. The maximum Gasteiger partial charge on any atom is 0.417 e. The molecule has 0 atom stereocenters. The van der Waals surface area contributed by atoms with Crippen LogP contribution in [-0.2, 0) is 10.9 Å². The number of rotatable bonds is 5. The number of pyridine rings is 1. The van der Waals surface area contributed by atoms with Gasteiger partial charge in [0, 0.05) is 41.7 Å². The van der Waals surface area contributed by atoms with Crippen molar-refractivity contribution in [1.29, 1.82) is 0 Å².